The van der Waals surface area contributed by atoms with E-state index in [-0.39, 0.29) is 92.5 Å². The fourth-order valence-corrected chi connectivity index (χ4v) is 12.6. The largest absolute Gasteiger partial charge is 0.510 e. The Kier molecular flexibility index (Phi) is 24.2. The molecule has 0 spiro atoms. The number of pyridine rings is 2. The van der Waals surface area contributed by atoms with E-state index in [1.165, 1.54) is 12.4 Å². The van der Waals surface area contributed by atoms with Crippen LogP contribution in [0.15, 0.2) is 76.9 Å². The van der Waals surface area contributed by atoms with Crippen molar-refractivity contribution in [3.05, 3.63) is 111 Å². The second-order valence-corrected chi connectivity index (χ2v) is 26.9. The number of carbonyl (C=O) groups excluding carboxylic acids is 7. The van der Waals surface area contributed by atoms with Crippen LogP contribution in [0.4, 0.5) is 15.3 Å². The minimum atomic E-state index is -3.50. The second-order valence-electron chi connectivity index (χ2n) is 22.6. The fraction of sp³-hybridized carbons (Fsp3) is 0.469. The lowest BCUT2D eigenvalue weighted by Crippen LogP contribution is -2.47. The Hall–Kier alpha value is -8.22. The first-order valence-corrected chi connectivity index (χ1v) is 33.8. The number of unbranched alkanes of at least 4 members (excludes halogenated alkanes) is 1. The normalized spacial score (nSPS) is 15.5. The number of esters is 1. The molecule has 2 aromatic carbocycles. The lowest BCUT2D eigenvalue weighted by molar-refractivity contribution is -0.176. The molecule has 482 valence electrons. The number of anilines is 1. The highest BCUT2D eigenvalue weighted by molar-refractivity contribution is 7.97. The highest BCUT2D eigenvalue weighted by Gasteiger charge is 2.51. The van der Waals surface area contributed by atoms with E-state index in [2.05, 4.69) is 38.3 Å². The summed E-state index contributed by atoms with van der Waals surface area (Å²) in [4.78, 5) is 118. The van der Waals surface area contributed by atoms with Gasteiger partial charge in [-0.25, -0.2) is 42.1 Å². The second kappa shape index (κ2) is 31.5. The molecule has 2 unspecified atom stereocenters. The average Bonchev–Trinajstić information content (AvgIpc) is 1.46. The zero-order valence-electron chi connectivity index (χ0n) is 51.6. The molecule has 5 aromatic rings. The molecule has 0 saturated heterocycles. The number of nitrogens with one attached hydrogen (secondary N) is 2. The first-order valence-electron chi connectivity index (χ1n) is 29.8. The third kappa shape index (κ3) is 18.5. The predicted molar refractivity (Wildman–Crippen MR) is 336 cm³/mol. The predicted octanol–water partition coefficient (Wildman–Crippen LogP) is 6.63. The number of amides is 3. The number of fused-ring (bicyclic) bond motifs is 5. The fourth-order valence-electron chi connectivity index (χ4n) is 10.8. The number of nitrogens with two attached hydrogens (primary N) is 1. The summed E-state index contributed by atoms with van der Waals surface area (Å²) in [7, 11) is -6.05. The number of carbonyl (C=O) groups is 7. The van der Waals surface area contributed by atoms with Gasteiger partial charge in [0.05, 0.1) is 34.6 Å². The molecule has 26 heteroatoms. The highest BCUT2D eigenvalue weighted by atomic mass is 32.2. The molecule has 5 heterocycles. The van der Waals surface area contributed by atoms with Gasteiger partial charge in [-0.05, 0) is 107 Å². The maximum Gasteiger partial charge on any atom is 0.510 e. The van der Waals surface area contributed by atoms with Crippen molar-refractivity contribution in [2.75, 3.05) is 57.3 Å². The Labute approximate surface area is 523 Å². The first kappa shape index (κ1) is 69.3. The summed E-state index contributed by atoms with van der Waals surface area (Å²) in [5, 5.41) is 5.89. The number of Topliss-reactive ketones (excluding diaryl/α,β-unsaturated/α-hetero) is 3. The van der Waals surface area contributed by atoms with Gasteiger partial charge in [0.15, 0.2) is 11.6 Å². The molecule has 4 N–H and O–H groups in total. The number of hydrogen-bond acceptors (Lipinski definition) is 19. The van der Waals surface area contributed by atoms with Crippen LogP contribution in [0.3, 0.4) is 0 Å². The molecule has 2 aliphatic heterocycles. The van der Waals surface area contributed by atoms with E-state index in [4.69, 9.17) is 34.4 Å². The van der Waals surface area contributed by atoms with Crippen LogP contribution in [-0.4, -0.2) is 142 Å². The zero-order valence-corrected chi connectivity index (χ0v) is 53.2. The van der Waals surface area contributed by atoms with E-state index >= 15 is 0 Å². The number of primary amides is 1. The standard InChI is InChI=1S/C64H78N8O16S2/c1-8-64(54-34-56-57-52(37-71(56)59(77)53(54)40-86-60(64)78)50(51-22-12-13-23-55(51)70-57)28-30-72(41(2)3)89(5,6)81)88-63(80)87-42(4)44-24-26-46(27-25-44)69-58(76)45(18-14-29-66-61(65)79)33-49(75)39-85-38-48(74)21-16-32-84-31-15-20-47(73)19-11-9-10-17-43-35-67-62(68-36-43)90(7,82)83/h12-13,22-27,34-36,41-42,45H,5,8-9,11,14-16,18-21,28-33,37-40H2,1-4,6-7H3,(H,69,76)(H3,65,66,79)/t42?,45-,64+,89?/m1/s1. The van der Waals surface area contributed by atoms with Crippen LogP contribution >= 0.6 is 0 Å². The van der Waals surface area contributed by atoms with Crippen molar-refractivity contribution in [2.24, 2.45) is 11.7 Å². The lowest BCUT2D eigenvalue weighted by Gasteiger charge is -2.35. The van der Waals surface area contributed by atoms with Gasteiger partial charge in [-0.15, -0.1) is 0 Å². The number of benzene rings is 2. The molecule has 7 rings (SSSR count). The number of ether oxygens (including phenoxy) is 5. The summed E-state index contributed by atoms with van der Waals surface area (Å²) >= 11 is 0. The van der Waals surface area contributed by atoms with Crippen LogP contribution < -0.4 is 21.9 Å². The minimum Gasteiger partial charge on any atom is -0.457 e. The van der Waals surface area contributed by atoms with E-state index < -0.39 is 79.2 Å². The van der Waals surface area contributed by atoms with Crippen LogP contribution in [0, 0.1) is 17.8 Å². The molecule has 0 saturated carbocycles. The van der Waals surface area contributed by atoms with Gasteiger partial charge in [0.25, 0.3) is 5.56 Å². The molecule has 0 bridgehead atoms. The number of aromatic nitrogens is 4. The van der Waals surface area contributed by atoms with E-state index in [0.29, 0.717) is 98.2 Å². The number of sulfone groups is 1. The summed E-state index contributed by atoms with van der Waals surface area (Å²) in [6, 6.07) is 14.8. The third-order valence-corrected chi connectivity index (χ3v) is 17.8. The van der Waals surface area contributed by atoms with Gasteiger partial charge in [-0.1, -0.05) is 49.1 Å². The molecule has 4 atom stereocenters. The lowest BCUT2D eigenvalue weighted by atomic mass is 9.85. The molecule has 0 radical (unpaired) electrons. The number of hydrogen-bond donors (Lipinski definition) is 3. The smallest absolute Gasteiger partial charge is 0.457 e. The van der Waals surface area contributed by atoms with Crippen molar-refractivity contribution in [3.63, 3.8) is 0 Å². The molecular formula is C64H78N8O16S2. The summed E-state index contributed by atoms with van der Waals surface area (Å²) in [5.41, 5.74) is 7.71. The average molecular weight is 1280 g/mol. The van der Waals surface area contributed by atoms with Crippen molar-refractivity contribution in [1.29, 1.82) is 0 Å². The van der Waals surface area contributed by atoms with Gasteiger partial charge in [-0.3, -0.25) is 28.2 Å². The van der Waals surface area contributed by atoms with Crippen molar-refractivity contribution in [2.45, 2.75) is 141 Å². The summed E-state index contributed by atoms with van der Waals surface area (Å²) in [5.74, 6) is 6.86. The topological polar surface area (TPSA) is 331 Å². The van der Waals surface area contributed by atoms with Crippen LogP contribution in [0.1, 0.15) is 138 Å². The van der Waals surface area contributed by atoms with E-state index in [0.717, 1.165) is 22.8 Å². The Balaban J connectivity index is 0.875. The van der Waals surface area contributed by atoms with Gasteiger partial charge >= 0.3 is 18.2 Å². The SMILES string of the molecule is C=S(C)(=O)N(CCc1c2c(nc3ccccc13)-c1cc3c(c(=O)n1C2)COC(=O)[C@@]3(CC)OC(=O)OC(C)c1ccc(NC(=O)[C@H](CCCNC(N)=O)CC(=O)COCC(=O)CCCOCCCC(=O)CCCC#Cc2cnc(S(C)(=O)=O)nc2)cc1)C(C)C. The van der Waals surface area contributed by atoms with Crippen molar-refractivity contribution < 1.29 is 69.9 Å². The molecular weight excluding hydrogens is 1200 g/mol. The van der Waals surface area contributed by atoms with E-state index in [1.807, 2.05) is 42.4 Å². The maximum absolute atomic E-state index is 14.5. The van der Waals surface area contributed by atoms with Crippen LogP contribution in [0.2, 0.25) is 0 Å². The number of rotatable bonds is 33. The zero-order chi connectivity index (χ0) is 65.3. The van der Waals surface area contributed by atoms with Crippen molar-refractivity contribution in [1.82, 2.24) is 29.1 Å². The van der Waals surface area contributed by atoms with Gasteiger partial charge in [0.2, 0.25) is 26.5 Å². The van der Waals surface area contributed by atoms with Crippen LogP contribution in [0.5, 0.6) is 0 Å². The van der Waals surface area contributed by atoms with Gasteiger partial charge in [-0.2, -0.15) is 0 Å². The molecule has 0 aliphatic carbocycles. The Morgan fingerprint density at radius 1 is 0.878 bits per heavy atom. The number of nitrogens with zero attached hydrogens (tertiary/aromatic N) is 5. The molecule has 24 nitrogen and oxygen atoms in total. The number of ketones is 3. The van der Waals surface area contributed by atoms with Crippen LogP contribution in [-0.2, 0) is 92.4 Å². The van der Waals surface area contributed by atoms with Crippen molar-refractivity contribution in [3.8, 4) is 23.2 Å². The monoisotopic (exact) mass is 1280 g/mol. The molecule has 3 amide bonds. The van der Waals surface area contributed by atoms with Gasteiger partial charge in [0, 0.05) is 127 Å². The third-order valence-electron chi connectivity index (χ3n) is 15.4. The Morgan fingerprint density at radius 3 is 2.22 bits per heavy atom. The number of cyclic esters (lactones) is 1. The maximum atomic E-state index is 14.5. The number of urea groups is 1. The quantitative estimate of drug-likeness (QED) is 0.0128. The van der Waals surface area contributed by atoms with Crippen molar-refractivity contribution >= 4 is 83.4 Å². The first-order chi connectivity index (χ1) is 42.8. The van der Waals surface area contributed by atoms with E-state index in [9.17, 15) is 51.0 Å². The summed E-state index contributed by atoms with van der Waals surface area (Å²) in [6.07, 6.45) is 6.56. The van der Waals surface area contributed by atoms with Gasteiger partial charge in [0.1, 0.15) is 31.7 Å². The molecule has 90 heavy (non-hydrogen) atoms. The number of para-hydroxylation sites is 1. The Morgan fingerprint density at radius 2 is 1.56 bits per heavy atom. The summed E-state index contributed by atoms with van der Waals surface area (Å²) in [6.45, 7) is 7.43. The minimum absolute atomic E-state index is 0.0526. The molecule has 2 aliphatic rings. The van der Waals surface area contributed by atoms with E-state index in [1.54, 1.807) is 55.0 Å². The molecule has 3 aromatic heterocycles. The summed E-state index contributed by atoms with van der Waals surface area (Å²) < 4.78 is 67.9. The van der Waals surface area contributed by atoms with Crippen LogP contribution in [0.25, 0.3) is 22.3 Å². The Bertz CT molecular complexity index is 3840. The highest BCUT2D eigenvalue weighted by Crippen LogP contribution is 2.43. The van der Waals surface area contributed by atoms with Gasteiger partial charge < -0.3 is 44.6 Å². The molecule has 0 fully saturated rings.